The number of hydrogen-bond donors (Lipinski definition) is 2. The van der Waals surface area contributed by atoms with Gasteiger partial charge in [0, 0.05) is 24.3 Å². The summed E-state index contributed by atoms with van der Waals surface area (Å²) in [7, 11) is -3.75. The van der Waals surface area contributed by atoms with Gasteiger partial charge in [0.05, 0.1) is 0 Å². The highest BCUT2D eigenvalue weighted by atomic mass is 32.2. The van der Waals surface area contributed by atoms with Crippen LogP contribution in [0.4, 0.5) is 0 Å². The first-order valence-corrected chi connectivity index (χ1v) is 8.48. The molecule has 0 saturated heterocycles. The molecule has 23 heavy (non-hydrogen) atoms. The van der Waals surface area contributed by atoms with Crippen molar-refractivity contribution in [2.24, 2.45) is 0 Å². The number of para-hydroxylation sites is 1. The van der Waals surface area contributed by atoms with Crippen LogP contribution in [0.15, 0.2) is 64.2 Å². The summed E-state index contributed by atoms with van der Waals surface area (Å²) in [4.78, 5) is 3.82. The summed E-state index contributed by atoms with van der Waals surface area (Å²) >= 11 is 0. The standard InChI is InChI=1S/C16H16N2O4S/c1-16(19,15-9-12-5-2-3-7-14(12)22-15)11-18-23(20,21)13-6-4-8-17-10-13/h2-10,18-19H,11H2,1H3. The van der Waals surface area contributed by atoms with E-state index < -0.39 is 15.6 Å². The van der Waals surface area contributed by atoms with E-state index in [4.69, 9.17) is 4.42 Å². The number of pyridine rings is 1. The Bertz CT molecular complexity index is 884. The summed E-state index contributed by atoms with van der Waals surface area (Å²) < 4.78 is 32.4. The number of aromatic nitrogens is 1. The molecule has 0 spiro atoms. The quantitative estimate of drug-likeness (QED) is 0.745. The van der Waals surface area contributed by atoms with Gasteiger partial charge in [-0.1, -0.05) is 18.2 Å². The summed E-state index contributed by atoms with van der Waals surface area (Å²) in [5.41, 5.74) is -0.841. The normalized spacial score (nSPS) is 14.7. The van der Waals surface area contributed by atoms with Crippen molar-refractivity contribution < 1.29 is 17.9 Å². The lowest BCUT2D eigenvalue weighted by Gasteiger charge is -2.21. The lowest BCUT2D eigenvalue weighted by molar-refractivity contribution is 0.0412. The number of benzene rings is 1. The molecule has 0 radical (unpaired) electrons. The number of rotatable bonds is 5. The molecule has 0 bridgehead atoms. The maximum Gasteiger partial charge on any atom is 0.242 e. The van der Waals surface area contributed by atoms with Crippen molar-refractivity contribution >= 4 is 21.0 Å². The molecular formula is C16H16N2O4S. The fraction of sp³-hybridized carbons (Fsp3) is 0.188. The zero-order valence-electron chi connectivity index (χ0n) is 12.4. The first kappa shape index (κ1) is 15.7. The average molecular weight is 332 g/mol. The van der Waals surface area contributed by atoms with Gasteiger partial charge >= 0.3 is 0 Å². The maximum atomic E-state index is 12.2. The molecule has 0 aliphatic rings. The largest absolute Gasteiger partial charge is 0.458 e. The molecule has 3 rings (SSSR count). The molecule has 0 saturated carbocycles. The fourth-order valence-corrected chi connectivity index (χ4v) is 3.25. The van der Waals surface area contributed by atoms with Crippen LogP contribution in [0.3, 0.4) is 0 Å². The number of sulfonamides is 1. The highest BCUT2D eigenvalue weighted by molar-refractivity contribution is 7.89. The molecule has 0 aliphatic heterocycles. The third-order valence-electron chi connectivity index (χ3n) is 3.51. The Morgan fingerprint density at radius 2 is 2.04 bits per heavy atom. The fourth-order valence-electron chi connectivity index (χ4n) is 2.16. The topological polar surface area (TPSA) is 92.4 Å². The van der Waals surface area contributed by atoms with Crippen LogP contribution in [-0.2, 0) is 15.6 Å². The molecule has 6 nitrogen and oxygen atoms in total. The van der Waals surface area contributed by atoms with E-state index in [1.54, 1.807) is 12.1 Å². The molecule has 0 fully saturated rings. The zero-order valence-corrected chi connectivity index (χ0v) is 13.2. The summed E-state index contributed by atoms with van der Waals surface area (Å²) in [6.45, 7) is 1.28. The van der Waals surface area contributed by atoms with Crippen molar-refractivity contribution in [1.29, 1.82) is 0 Å². The van der Waals surface area contributed by atoms with E-state index in [0.29, 0.717) is 11.3 Å². The SMILES string of the molecule is CC(O)(CNS(=O)(=O)c1cccnc1)c1cc2ccccc2o1. The smallest absolute Gasteiger partial charge is 0.242 e. The number of nitrogens with one attached hydrogen (secondary N) is 1. The molecule has 7 heteroatoms. The van der Waals surface area contributed by atoms with Crippen LogP contribution in [0, 0.1) is 0 Å². The molecule has 3 aromatic rings. The van der Waals surface area contributed by atoms with Crippen molar-refractivity contribution in [2.45, 2.75) is 17.4 Å². The number of aliphatic hydroxyl groups is 1. The third kappa shape index (κ3) is 3.26. The van der Waals surface area contributed by atoms with E-state index in [-0.39, 0.29) is 11.4 Å². The van der Waals surface area contributed by atoms with Crippen molar-refractivity contribution in [3.63, 3.8) is 0 Å². The summed E-state index contributed by atoms with van der Waals surface area (Å²) in [5.74, 6) is 0.299. The molecule has 2 N–H and O–H groups in total. The molecule has 0 amide bonds. The van der Waals surface area contributed by atoms with Crippen LogP contribution < -0.4 is 4.72 Å². The Balaban J connectivity index is 1.81. The zero-order chi connectivity index (χ0) is 16.5. The average Bonchev–Trinajstić information content (AvgIpc) is 2.99. The van der Waals surface area contributed by atoms with Gasteiger partial charge in [-0.3, -0.25) is 4.98 Å². The number of furan rings is 1. The van der Waals surface area contributed by atoms with Crippen molar-refractivity contribution in [3.8, 4) is 0 Å². The molecule has 1 atom stereocenters. The second-order valence-corrected chi connectivity index (χ2v) is 7.20. The molecule has 1 aromatic carbocycles. The van der Waals surface area contributed by atoms with E-state index >= 15 is 0 Å². The van der Waals surface area contributed by atoms with E-state index in [1.807, 2.05) is 18.2 Å². The van der Waals surface area contributed by atoms with E-state index in [9.17, 15) is 13.5 Å². The minimum absolute atomic E-state index is 0.0420. The number of fused-ring (bicyclic) bond motifs is 1. The van der Waals surface area contributed by atoms with Crippen LogP contribution in [-0.4, -0.2) is 25.1 Å². The second kappa shape index (κ2) is 5.77. The van der Waals surface area contributed by atoms with Gasteiger partial charge in [-0.2, -0.15) is 0 Å². The monoisotopic (exact) mass is 332 g/mol. The molecule has 2 aromatic heterocycles. The third-order valence-corrected chi connectivity index (χ3v) is 4.89. The lowest BCUT2D eigenvalue weighted by Crippen LogP contribution is -2.38. The van der Waals surface area contributed by atoms with Crippen molar-refractivity contribution in [1.82, 2.24) is 9.71 Å². The summed E-state index contributed by atoms with van der Waals surface area (Å²) in [6, 6.07) is 12.0. The number of hydrogen-bond acceptors (Lipinski definition) is 5. The number of nitrogens with zero attached hydrogens (tertiary/aromatic N) is 1. The Kier molecular flexibility index (Phi) is 3.93. The Morgan fingerprint density at radius 3 is 2.74 bits per heavy atom. The highest BCUT2D eigenvalue weighted by Crippen LogP contribution is 2.27. The van der Waals surface area contributed by atoms with Crippen LogP contribution in [0.5, 0.6) is 0 Å². The van der Waals surface area contributed by atoms with Gasteiger partial charge in [0.15, 0.2) is 0 Å². The minimum atomic E-state index is -3.75. The van der Waals surface area contributed by atoms with Crippen LogP contribution in [0.25, 0.3) is 11.0 Å². The Hall–Kier alpha value is -2.22. The predicted molar refractivity (Wildman–Crippen MR) is 85.2 cm³/mol. The first-order valence-electron chi connectivity index (χ1n) is 7.00. The predicted octanol–water partition coefficient (Wildman–Crippen LogP) is 2.01. The van der Waals surface area contributed by atoms with Crippen LogP contribution in [0.2, 0.25) is 0 Å². The van der Waals surface area contributed by atoms with Crippen molar-refractivity contribution in [3.05, 3.63) is 60.6 Å². The Morgan fingerprint density at radius 1 is 1.26 bits per heavy atom. The maximum absolute atomic E-state index is 12.2. The molecule has 2 heterocycles. The van der Waals surface area contributed by atoms with E-state index in [1.165, 1.54) is 31.5 Å². The van der Waals surface area contributed by atoms with Gasteiger partial charge in [-0.25, -0.2) is 13.1 Å². The Labute approximate surface area is 133 Å². The van der Waals surface area contributed by atoms with Gasteiger partial charge in [-0.05, 0) is 31.2 Å². The van der Waals surface area contributed by atoms with Crippen molar-refractivity contribution in [2.75, 3.05) is 6.54 Å². The molecule has 1 unspecified atom stereocenters. The minimum Gasteiger partial charge on any atom is -0.458 e. The van der Waals surface area contributed by atoms with E-state index in [0.717, 1.165) is 5.39 Å². The molecular weight excluding hydrogens is 316 g/mol. The van der Waals surface area contributed by atoms with Gasteiger partial charge in [0.25, 0.3) is 0 Å². The molecule has 0 aliphatic carbocycles. The van der Waals surface area contributed by atoms with Gasteiger partial charge in [-0.15, -0.1) is 0 Å². The van der Waals surface area contributed by atoms with Crippen LogP contribution >= 0.6 is 0 Å². The van der Waals surface area contributed by atoms with Crippen LogP contribution in [0.1, 0.15) is 12.7 Å². The lowest BCUT2D eigenvalue weighted by atomic mass is 10.0. The summed E-state index contributed by atoms with van der Waals surface area (Å²) in [5, 5.41) is 11.4. The second-order valence-electron chi connectivity index (χ2n) is 5.44. The van der Waals surface area contributed by atoms with Gasteiger partial charge < -0.3 is 9.52 Å². The molecule has 120 valence electrons. The first-order chi connectivity index (χ1) is 10.9. The van der Waals surface area contributed by atoms with Gasteiger partial charge in [0.2, 0.25) is 10.0 Å². The highest BCUT2D eigenvalue weighted by Gasteiger charge is 2.29. The van der Waals surface area contributed by atoms with Gasteiger partial charge in [0.1, 0.15) is 21.8 Å². The van der Waals surface area contributed by atoms with E-state index in [2.05, 4.69) is 9.71 Å². The summed E-state index contributed by atoms with van der Waals surface area (Å²) in [6.07, 6.45) is 2.74.